The molecule has 0 aliphatic heterocycles. The standard InChI is InChI=1S/C26H25F6N3O2S/c1-24(2,3)14-35-13-19(23(26(30,31)32)34-38(36,37)17-8-9-17)18-10-7-15(11-21(18)35)22-16(12-33)5-4-6-20(22)25(27,28)29/h4-7,10-11,13,17,23,34H,8-9,14H2,1-3H3. The maximum absolute atomic E-state index is 14.2. The van der Waals surface area contributed by atoms with Gasteiger partial charge in [-0.1, -0.05) is 39.0 Å². The van der Waals surface area contributed by atoms with Gasteiger partial charge in [-0.15, -0.1) is 0 Å². The molecule has 1 aliphatic rings. The van der Waals surface area contributed by atoms with E-state index < -0.39 is 44.6 Å². The van der Waals surface area contributed by atoms with Gasteiger partial charge >= 0.3 is 12.4 Å². The highest BCUT2D eigenvalue weighted by Crippen LogP contribution is 2.43. The number of rotatable bonds is 6. The van der Waals surface area contributed by atoms with Gasteiger partial charge in [-0.2, -0.15) is 36.3 Å². The Morgan fingerprint density at radius 2 is 1.74 bits per heavy atom. The van der Waals surface area contributed by atoms with Gasteiger partial charge in [0.2, 0.25) is 10.0 Å². The van der Waals surface area contributed by atoms with E-state index in [0.717, 1.165) is 12.1 Å². The molecule has 1 heterocycles. The number of halogens is 6. The van der Waals surface area contributed by atoms with Crippen molar-refractivity contribution in [1.29, 1.82) is 5.26 Å². The second-order valence-corrected chi connectivity index (χ2v) is 12.7. The van der Waals surface area contributed by atoms with Crippen LogP contribution in [0.4, 0.5) is 26.3 Å². The van der Waals surface area contributed by atoms with Crippen molar-refractivity contribution < 1.29 is 34.8 Å². The lowest BCUT2D eigenvalue weighted by molar-refractivity contribution is -0.152. The Bertz CT molecular complexity index is 1520. The number of nitrogens with one attached hydrogen (secondary N) is 1. The predicted octanol–water partition coefficient (Wildman–Crippen LogP) is 6.93. The van der Waals surface area contributed by atoms with E-state index in [9.17, 15) is 40.0 Å². The molecule has 1 atom stereocenters. The van der Waals surface area contributed by atoms with Crippen molar-refractivity contribution in [1.82, 2.24) is 9.29 Å². The van der Waals surface area contributed by atoms with E-state index in [0.29, 0.717) is 0 Å². The van der Waals surface area contributed by atoms with E-state index >= 15 is 0 Å². The average molecular weight is 558 g/mol. The summed E-state index contributed by atoms with van der Waals surface area (Å²) in [5, 5.41) is 8.66. The molecular formula is C26H25F6N3O2S. The molecule has 2 aromatic carbocycles. The van der Waals surface area contributed by atoms with Crippen LogP contribution in [0, 0.1) is 16.7 Å². The highest BCUT2D eigenvalue weighted by molar-refractivity contribution is 7.90. The van der Waals surface area contributed by atoms with Crippen molar-refractivity contribution in [3.8, 4) is 17.2 Å². The maximum Gasteiger partial charge on any atom is 0.417 e. The third-order valence-corrected chi connectivity index (χ3v) is 8.13. The summed E-state index contributed by atoms with van der Waals surface area (Å²) in [6.45, 7) is 5.71. The van der Waals surface area contributed by atoms with E-state index in [4.69, 9.17) is 0 Å². The van der Waals surface area contributed by atoms with E-state index in [1.54, 1.807) is 6.07 Å². The number of fused-ring (bicyclic) bond motifs is 1. The molecule has 5 nitrogen and oxygen atoms in total. The summed E-state index contributed by atoms with van der Waals surface area (Å²) in [5.74, 6) is 0. The molecule has 0 amide bonds. The van der Waals surface area contributed by atoms with Crippen LogP contribution in [0.2, 0.25) is 0 Å². The number of aromatic nitrogens is 1. The van der Waals surface area contributed by atoms with E-state index in [-0.39, 0.29) is 52.5 Å². The molecule has 3 aromatic rings. The molecular weight excluding hydrogens is 532 g/mol. The van der Waals surface area contributed by atoms with Gasteiger partial charge in [0.1, 0.15) is 6.04 Å². The lowest BCUT2D eigenvalue weighted by Crippen LogP contribution is -2.39. The Labute approximate surface area is 216 Å². The summed E-state index contributed by atoms with van der Waals surface area (Å²) in [4.78, 5) is 0. The Morgan fingerprint density at radius 1 is 1.08 bits per heavy atom. The van der Waals surface area contributed by atoms with Crippen molar-refractivity contribution in [2.45, 2.75) is 63.8 Å². The summed E-state index contributed by atoms with van der Waals surface area (Å²) in [5.41, 5.74) is -2.26. The minimum absolute atomic E-state index is 0.00361. The zero-order valence-corrected chi connectivity index (χ0v) is 21.5. The van der Waals surface area contributed by atoms with Gasteiger partial charge < -0.3 is 4.57 Å². The van der Waals surface area contributed by atoms with E-state index in [2.05, 4.69) is 0 Å². The third-order valence-electron chi connectivity index (χ3n) is 6.22. The van der Waals surface area contributed by atoms with Crippen LogP contribution in [0.3, 0.4) is 0 Å². The molecule has 0 bridgehead atoms. The van der Waals surface area contributed by atoms with Crippen LogP contribution in [0.5, 0.6) is 0 Å². The zero-order valence-electron chi connectivity index (χ0n) is 20.7. The van der Waals surface area contributed by atoms with Gasteiger partial charge in [-0.3, -0.25) is 0 Å². The topological polar surface area (TPSA) is 74.9 Å². The maximum atomic E-state index is 14.2. The van der Waals surface area contributed by atoms with Gasteiger partial charge in [0.15, 0.2) is 0 Å². The van der Waals surface area contributed by atoms with Gasteiger partial charge in [-0.05, 0) is 42.0 Å². The molecule has 0 spiro atoms. The number of hydrogen-bond acceptors (Lipinski definition) is 3. The Morgan fingerprint density at radius 3 is 2.26 bits per heavy atom. The SMILES string of the molecule is CC(C)(C)Cn1cc(C(NS(=O)(=O)C2CC2)C(F)(F)F)c2ccc(-c3c(C#N)cccc3C(F)(F)F)cc21. The summed E-state index contributed by atoms with van der Waals surface area (Å²) in [6, 6.07) is 6.20. The molecule has 1 fully saturated rings. The molecule has 1 N–H and O–H groups in total. The first-order valence-corrected chi connectivity index (χ1v) is 13.3. The van der Waals surface area contributed by atoms with Crippen molar-refractivity contribution in [3.05, 3.63) is 59.3 Å². The lowest BCUT2D eigenvalue weighted by atomic mass is 9.93. The van der Waals surface area contributed by atoms with Gasteiger partial charge in [0.25, 0.3) is 0 Å². The van der Waals surface area contributed by atoms with E-state index in [1.165, 1.54) is 35.0 Å². The summed E-state index contributed by atoms with van der Waals surface area (Å²) >= 11 is 0. The average Bonchev–Trinajstić information content (AvgIpc) is 3.59. The predicted molar refractivity (Wildman–Crippen MR) is 130 cm³/mol. The van der Waals surface area contributed by atoms with E-state index in [1.807, 2.05) is 25.5 Å². The molecule has 38 heavy (non-hydrogen) atoms. The Balaban J connectivity index is 1.97. The molecule has 0 saturated heterocycles. The molecule has 1 saturated carbocycles. The van der Waals surface area contributed by atoms with Crippen LogP contribution < -0.4 is 4.72 Å². The summed E-state index contributed by atoms with van der Waals surface area (Å²) < 4.78 is 112. The summed E-state index contributed by atoms with van der Waals surface area (Å²) in [6.07, 6.45) is -8.01. The normalized spacial score (nSPS) is 16.0. The fourth-order valence-electron chi connectivity index (χ4n) is 4.49. The van der Waals surface area contributed by atoms with Crippen LogP contribution in [-0.2, 0) is 22.7 Å². The quantitative estimate of drug-likeness (QED) is 0.334. The number of sulfonamides is 1. The third kappa shape index (κ3) is 5.68. The number of nitriles is 1. The van der Waals surface area contributed by atoms with Gasteiger partial charge in [-0.25, -0.2) is 8.42 Å². The second-order valence-electron chi connectivity index (χ2n) is 10.7. The largest absolute Gasteiger partial charge is 0.417 e. The molecule has 204 valence electrons. The highest BCUT2D eigenvalue weighted by Gasteiger charge is 2.48. The second kappa shape index (κ2) is 9.31. The summed E-state index contributed by atoms with van der Waals surface area (Å²) in [7, 11) is -4.23. The van der Waals surface area contributed by atoms with Crippen LogP contribution in [0.15, 0.2) is 42.6 Å². The molecule has 1 unspecified atom stereocenters. The Hall–Kier alpha value is -3.04. The molecule has 1 aromatic heterocycles. The monoisotopic (exact) mass is 557 g/mol. The molecule has 0 radical (unpaired) electrons. The fourth-order valence-corrected chi connectivity index (χ4v) is 6.02. The van der Waals surface area contributed by atoms with Crippen LogP contribution in [-0.4, -0.2) is 24.4 Å². The molecule has 12 heteroatoms. The minimum atomic E-state index is -4.97. The van der Waals surface area contributed by atoms with Crippen molar-refractivity contribution in [3.63, 3.8) is 0 Å². The van der Waals surface area contributed by atoms with Crippen LogP contribution >= 0.6 is 0 Å². The minimum Gasteiger partial charge on any atom is -0.347 e. The van der Waals surface area contributed by atoms with Crippen molar-refractivity contribution in [2.75, 3.05) is 0 Å². The number of nitrogens with zero attached hydrogens (tertiary/aromatic N) is 2. The first kappa shape index (κ1) is 28.0. The zero-order chi connectivity index (χ0) is 28.3. The molecule has 4 rings (SSSR count). The van der Waals surface area contributed by atoms with Gasteiger partial charge in [0.05, 0.1) is 22.4 Å². The first-order chi connectivity index (χ1) is 17.4. The van der Waals surface area contributed by atoms with Crippen LogP contribution in [0.25, 0.3) is 22.0 Å². The number of benzene rings is 2. The highest BCUT2D eigenvalue weighted by atomic mass is 32.2. The fraction of sp³-hybridized carbons (Fsp3) is 0.423. The van der Waals surface area contributed by atoms with Crippen LogP contribution in [0.1, 0.15) is 56.3 Å². The number of hydrogen-bond donors (Lipinski definition) is 1. The number of alkyl halides is 6. The van der Waals surface area contributed by atoms with Crippen molar-refractivity contribution >= 4 is 20.9 Å². The van der Waals surface area contributed by atoms with Crippen molar-refractivity contribution in [2.24, 2.45) is 5.41 Å². The Kier molecular flexibility index (Phi) is 6.85. The first-order valence-electron chi connectivity index (χ1n) is 11.7. The van der Waals surface area contributed by atoms with Gasteiger partial charge in [0, 0.05) is 34.8 Å². The smallest absolute Gasteiger partial charge is 0.347 e. The molecule has 1 aliphatic carbocycles. The lowest BCUT2D eigenvalue weighted by Gasteiger charge is -2.22.